The largest absolute Gasteiger partial charge is 0.478 e. The third-order valence-corrected chi connectivity index (χ3v) is 4.20. The van der Waals surface area contributed by atoms with Gasteiger partial charge < -0.3 is 10.4 Å². The average Bonchev–Trinajstić information content (AvgIpc) is 2.67. The molecule has 0 unspecified atom stereocenters. The van der Waals surface area contributed by atoms with Crippen LogP contribution in [0.3, 0.4) is 0 Å². The SMILES string of the molecule is O=C(O)c1ccc(NCc2ccc(CCc3ccccc3)cc2)cc1. The Balaban J connectivity index is 1.51. The Morgan fingerprint density at radius 2 is 1.28 bits per heavy atom. The molecule has 0 saturated carbocycles. The van der Waals surface area contributed by atoms with E-state index in [2.05, 4.69) is 53.8 Å². The minimum atomic E-state index is -0.905. The summed E-state index contributed by atoms with van der Waals surface area (Å²) in [6.45, 7) is 0.714. The summed E-state index contributed by atoms with van der Waals surface area (Å²) in [5, 5.41) is 12.2. The summed E-state index contributed by atoms with van der Waals surface area (Å²) < 4.78 is 0. The first-order valence-corrected chi connectivity index (χ1v) is 8.40. The van der Waals surface area contributed by atoms with E-state index < -0.39 is 5.97 Å². The van der Waals surface area contributed by atoms with Crippen molar-refractivity contribution in [3.05, 3.63) is 101 Å². The monoisotopic (exact) mass is 331 g/mol. The van der Waals surface area contributed by atoms with Gasteiger partial charge in [0.05, 0.1) is 5.56 Å². The Morgan fingerprint density at radius 1 is 0.720 bits per heavy atom. The standard InChI is InChI=1S/C22H21NO2/c24-22(25)20-12-14-21(15-13-20)23-16-19-10-8-18(9-11-19)7-6-17-4-2-1-3-5-17/h1-5,8-15,23H,6-7,16H2,(H,24,25). The minimum Gasteiger partial charge on any atom is -0.478 e. The van der Waals surface area contributed by atoms with Crippen LogP contribution >= 0.6 is 0 Å². The highest BCUT2D eigenvalue weighted by Crippen LogP contribution is 2.13. The first-order valence-electron chi connectivity index (χ1n) is 8.40. The van der Waals surface area contributed by atoms with E-state index >= 15 is 0 Å². The Bertz CT molecular complexity index is 809. The van der Waals surface area contributed by atoms with Crippen LogP contribution < -0.4 is 5.32 Å². The smallest absolute Gasteiger partial charge is 0.335 e. The Morgan fingerprint density at radius 3 is 1.88 bits per heavy atom. The molecule has 0 radical (unpaired) electrons. The first-order chi connectivity index (χ1) is 12.2. The molecule has 3 aromatic carbocycles. The van der Waals surface area contributed by atoms with Gasteiger partial charge in [0, 0.05) is 12.2 Å². The van der Waals surface area contributed by atoms with E-state index in [9.17, 15) is 4.79 Å². The van der Waals surface area contributed by atoms with E-state index in [4.69, 9.17) is 5.11 Å². The molecule has 25 heavy (non-hydrogen) atoms. The summed E-state index contributed by atoms with van der Waals surface area (Å²) >= 11 is 0. The number of carboxylic acid groups (broad SMARTS) is 1. The lowest BCUT2D eigenvalue weighted by Crippen LogP contribution is -2.01. The lowest BCUT2D eigenvalue weighted by molar-refractivity contribution is 0.0697. The van der Waals surface area contributed by atoms with Crippen LogP contribution in [0.4, 0.5) is 5.69 Å². The van der Waals surface area contributed by atoms with E-state index in [0.717, 1.165) is 18.5 Å². The highest BCUT2D eigenvalue weighted by Gasteiger charge is 2.02. The van der Waals surface area contributed by atoms with Gasteiger partial charge in [-0.05, 0) is 53.8 Å². The first kappa shape index (κ1) is 16.8. The van der Waals surface area contributed by atoms with Crippen molar-refractivity contribution in [2.75, 3.05) is 5.32 Å². The number of benzene rings is 3. The maximum atomic E-state index is 10.8. The van der Waals surface area contributed by atoms with Crippen molar-refractivity contribution >= 4 is 11.7 Å². The van der Waals surface area contributed by atoms with Gasteiger partial charge in [0.25, 0.3) is 0 Å². The predicted molar refractivity (Wildman–Crippen MR) is 101 cm³/mol. The maximum absolute atomic E-state index is 10.8. The molecule has 3 nitrogen and oxygen atoms in total. The zero-order valence-electron chi connectivity index (χ0n) is 14.0. The van der Waals surface area contributed by atoms with Gasteiger partial charge in [0.1, 0.15) is 0 Å². The Labute approximate surface area is 148 Å². The van der Waals surface area contributed by atoms with Gasteiger partial charge in [-0.25, -0.2) is 4.79 Å². The van der Waals surface area contributed by atoms with Crippen molar-refractivity contribution in [3.63, 3.8) is 0 Å². The fourth-order valence-electron chi connectivity index (χ4n) is 2.69. The third-order valence-electron chi connectivity index (χ3n) is 4.20. The van der Waals surface area contributed by atoms with Crippen LogP contribution in [-0.2, 0) is 19.4 Å². The topological polar surface area (TPSA) is 49.3 Å². The maximum Gasteiger partial charge on any atom is 0.335 e. The van der Waals surface area contributed by atoms with Crippen molar-refractivity contribution in [2.24, 2.45) is 0 Å². The summed E-state index contributed by atoms with van der Waals surface area (Å²) in [6, 6.07) is 25.9. The molecule has 0 aromatic heterocycles. The quantitative estimate of drug-likeness (QED) is 0.655. The number of aromatic carboxylic acids is 1. The molecule has 0 heterocycles. The summed E-state index contributed by atoms with van der Waals surface area (Å²) in [5.74, 6) is -0.905. The second-order valence-electron chi connectivity index (χ2n) is 6.04. The second kappa shape index (κ2) is 8.15. The molecule has 0 aliphatic heterocycles. The number of nitrogens with one attached hydrogen (secondary N) is 1. The number of anilines is 1. The van der Waals surface area contributed by atoms with E-state index in [0.29, 0.717) is 12.1 Å². The molecule has 2 N–H and O–H groups in total. The molecule has 0 saturated heterocycles. The second-order valence-corrected chi connectivity index (χ2v) is 6.04. The molecular weight excluding hydrogens is 310 g/mol. The van der Waals surface area contributed by atoms with Crippen LogP contribution in [0.5, 0.6) is 0 Å². The van der Waals surface area contributed by atoms with Gasteiger partial charge in [0.2, 0.25) is 0 Å². The van der Waals surface area contributed by atoms with E-state index in [1.54, 1.807) is 24.3 Å². The van der Waals surface area contributed by atoms with Gasteiger partial charge in [-0.3, -0.25) is 0 Å². The lowest BCUT2D eigenvalue weighted by Gasteiger charge is -2.08. The molecule has 0 atom stereocenters. The number of hydrogen-bond donors (Lipinski definition) is 2. The number of carboxylic acids is 1. The van der Waals surface area contributed by atoms with Crippen LogP contribution in [0.1, 0.15) is 27.0 Å². The lowest BCUT2D eigenvalue weighted by atomic mass is 10.0. The van der Waals surface area contributed by atoms with Gasteiger partial charge in [-0.1, -0.05) is 54.6 Å². The predicted octanol–water partition coefficient (Wildman–Crippen LogP) is 4.78. The average molecular weight is 331 g/mol. The fraction of sp³-hybridized carbons (Fsp3) is 0.136. The highest BCUT2D eigenvalue weighted by atomic mass is 16.4. The highest BCUT2D eigenvalue weighted by molar-refractivity contribution is 5.87. The Kier molecular flexibility index (Phi) is 5.47. The van der Waals surface area contributed by atoms with Gasteiger partial charge >= 0.3 is 5.97 Å². The molecule has 0 aliphatic carbocycles. The number of carbonyl (C=O) groups is 1. The van der Waals surface area contributed by atoms with Crippen LogP contribution in [0, 0.1) is 0 Å². The van der Waals surface area contributed by atoms with Gasteiger partial charge in [-0.2, -0.15) is 0 Å². The number of aryl methyl sites for hydroxylation is 2. The molecule has 0 fully saturated rings. The number of hydrogen-bond acceptors (Lipinski definition) is 2. The van der Waals surface area contributed by atoms with Crippen LogP contribution in [0.2, 0.25) is 0 Å². The fourth-order valence-corrected chi connectivity index (χ4v) is 2.69. The molecular formula is C22H21NO2. The van der Waals surface area contributed by atoms with E-state index in [1.807, 2.05) is 6.07 Å². The zero-order chi connectivity index (χ0) is 17.5. The van der Waals surface area contributed by atoms with E-state index in [1.165, 1.54) is 16.7 Å². The summed E-state index contributed by atoms with van der Waals surface area (Å²) in [5.41, 5.74) is 5.11. The van der Waals surface area contributed by atoms with Crippen molar-refractivity contribution < 1.29 is 9.90 Å². The van der Waals surface area contributed by atoms with Crippen molar-refractivity contribution in [1.82, 2.24) is 0 Å². The molecule has 3 rings (SSSR count). The minimum absolute atomic E-state index is 0.299. The van der Waals surface area contributed by atoms with E-state index in [-0.39, 0.29) is 0 Å². The molecule has 126 valence electrons. The summed E-state index contributed by atoms with van der Waals surface area (Å²) in [6.07, 6.45) is 2.09. The molecule has 0 bridgehead atoms. The van der Waals surface area contributed by atoms with Gasteiger partial charge in [-0.15, -0.1) is 0 Å². The molecule has 0 aliphatic rings. The van der Waals surface area contributed by atoms with Crippen molar-refractivity contribution in [3.8, 4) is 0 Å². The number of rotatable bonds is 7. The van der Waals surface area contributed by atoms with Gasteiger partial charge in [0.15, 0.2) is 0 Å². The molecule has 0 amide bonds. The molecule has 3 heteroatoms. The zero-order valence-corrected chi connectivity index (χ0v) is 14.0. The van der Waals surface area contributed by atoms with Crippen molar-refractivity contribution in [2.45, 2.75) is 19.4 Å². The summed E-state index contributed by atoms with van der Waals surface area (Å²) in [7, 11) is 0. The van der Waals surface area contributed by atoms with Crippen LogP contribution in [-0.4, -0.2) is 11.1 Å². The normalized spacial score (nSPS) is 10.4. The van der Waals surface area contributed by atoms with Crippen LogP contribution in [0.25, 0.3) is 0 Å². The molecule has 0 spiro atoms. The van der Waals surface area contributed by atoms with Crippen molar-refractivity contribution in [1.29, 1.82) is 0 Å². The van der Waals surface area contributed by atoms with Crippen LogP contribution in [0.15, 0.2) is 78.9 Å². The Hall–Kier alpha value is -3.07. The third kappa shape index (κ3) is 4.95. The molecule has 3 aromatic rings. The summed E-state index contributed by atoms with van der Waals surface area (Å²) in [4.78, 5) is 10.8.